The van der Waals surface area contributed by atoms with E-state index >= 15 is 0 Å². The highest BCUT2D eigenvalue weighted by Crippen LogP contribution is 2.30. The number of rotatable bonds is 6. The second-order valence-corrected chi connectivity index (χ2v) is 7.91. The molecule has 3 aromatic rings. The van der Waals surface area contributed by atoms with Gasteiger partial charge in [0.05, 0.1) is 17.7 Å². The van der Waals surface area contributed by atoms with Gasteiger partial charge in [0.2, 0.25) is 5.88 Å². The Hall–Kier alpha value is -3.03. The summed E-state index contributed by atoms with van der Waals surface area (Å²) in [5, 5.41) is 13.7. The Balaban J connectivity index is 1.59. The van der Waals surface area contributed by atoms with Crippen molar-refractivity contribution in [2.24, 2.45) is 0 Å². The van der Waals surface area contributed by atoms with E-state index in [1.807, 2.05) is 12.1 Å². The van der Waals surface area contributed by atoms with Gasteiger partial charge in [0, 0.05) is 29.2 Å². The molecular formula is C23H23ClN4O3. The van der Waals surface area contributed by atoms with Crippen LogP contribution in [0.5, 0.6) is 5.88 Å². The Morgan fingerprint density at radius 3 is 2.61 bits per heavy atom. The molecule has 160 valence electrons. The second kappa shape index (κ2) is 9.85. The number of aliphatic hydroxyl groups is 1. The normalized spacial score (nSPS) is 18.4. The van der Waals surface area contributed by atoms with Crippen LogP contribution in [0.25, 0.3) is 11.1 Å². The fourth-order valence-electron chi connectivity index (χ4n) is 3.60. The molecule has 4 rings (SSSR count). The summed E-state index contributed by atoms with van der Waals surface area (Å²) in [5.41, 5.74) is 1.86. The molecule has 2 atom stereocenters. The van der Waals surface area contributed by atoms with Crippen LogP contribution < -0.4 is 10.1 Å². The van der Waals surface area contributed by atoms with Gasteiger partial charge in [-0.05, 0) is 42.7 Å². The molecule has 1 amide bonds. The Morgan fingerprint density at radius 2 is 1.87 bits per heavy atom. The zero-order chi connectivity index (χ0) is 21.6. The molecular weight excluding hydrogens is 416 g/mol. The summed E-state index contributed by atoms with van der Waals surface area (Å²) in [6.45, 7) is 0.147. The van der Waals surface area contributed by atoms with Crippen LogP contribution in [-0.2, 0) is 6.61 Å². The summed E-state index contributed by atoms with van der Waals surface area (Å²) in [6, 6.07) is 10.5. The molecule has 1 fully saturated rings. The number of hydrogen-bond acceptors (Lipinski definition) is 6. The molecule has 7 nitrogen and oxygen atoms in total. The number of nitrogens with one attached hydrogen (secondary N) is 1. The van der Waals surface area contributed by atoms with E-state index in [4.69, 9.17) is 16.3 Å². The van der Waals surface area contributed by atoms with E-state index in [2.05, 4.69) is 20.3 Å². The highest BCUT2D eigenvalue weighted by molar-refractivity contribution is 6.30. The first-order valence-electron chi connectivity index (χ1n) is 10.2. The largest absolute Gasteiger partial charge is 0.469 e. The van der Waals surface area contributed by atoms with Crippen LogP contribution in [0.1, 0.15) is 41.9 Å². The monoisotopic (exact) mass is 438 g/mol. The average molecular weight is 439 g/mol. The molecule has 0 saturated heterocycles. The molecule has 2 aromatic heterocycles. The van der Waals surface area contributed by atoms with Gasteiger partial charge in [0.15, 0.2) is 5.82 Å². The van der Waals surface area contributed by atoms with Gasteiger partial charge < -0.3 is 15.2 Å². The summed E-state index contributed by atoms with van der Waals surface area (Å²) in [6.07, 6.45) is 7.69. The van der Waals surface area contributed by atoms with Gasteiger partial charge in [0.1, 0.15) is 6.61 Å². The number of pyridine rings is 1. The standard InChI is InChI=1S/C23H23ClN4O3/c24-17-8-6-15(7-9-17)18-12-16(22(30)28-19-4-1-2-5-20(19)29)13-27-23(18)31-14-21-25-10-3-11-26-21/h3,6-13,19-20,29H,1-2,4-5,14H2,(H,28,30)/t19-,20-/m1/s1. The van der Waals surface area contributed by atoms with E-state index < -0.39 is 6.10 Å². The summed E-state index contributed by atoms with van der Waals surface area (Å²) >= 11 is 6.03. The molecule has 1 aliphatic carbocycles. The van der Waals surface area contributed by atoms with E-state index in [0.717, 1.165) is 24.8 Å². The van der Waals surface area contributed by atoms with Gasteiger partial charge in [-0.15, -0.1) is 0 Å². The van der Waals surface area contributed by atoms with E-state index in [-0.39, 0.29) is 18.6 Å². The molecule has 1 saturated carbocycles. The van der Waals surface area contributed by atoms with Crippen molar-refractivity contribution in [3.05, 3.63) is 71.4 Å². The number of nitrogens with zero attached hydrogens (tertiary/aromatic N) is 3. The zero-order valence-electron chi connectivity index (χ0n) is 16.9. The highest BCUT2D eigenvalue weighted by atomic mass is 35.5. The first-order chi connectivity index (χ1) is 15.1. The van der Waals surface area contributed by atoms with Crippen LogP contribution in [0.4, 0.5) is 0 Å². The van der Waals surface area contributed by atoms with Crippen molar-refractivity contribution in [2.75, 3.05) is 0 Å². The number of aromatic nitrogens is 3. The van der Waals surface area contributed by atoms with Crippen molar-refractivity contribution in [2.45, 2.75) is 44.4 Å². The van der Waals surface area contributed by atoms with Crippen molar-refractivity contribution in [3.63, 3.8) is 0 Å². The Bertz CT molecular complexity index is 1030. The highest BCUT2D eigenvalue weighted by Gasteiger charge is 2.25. The molecule has 0 unspecified atom stereocenters. The molecule has 0 spiro atoms. The minimum absolute atomic E-state index is 0.147. The predicted molar refractivity (Wildman–Crippen MR) is 117 cm³/mol. The molecule has 1 aliphatic rings. The van der Waals surface area contributed by atoms with Gasteiger partial charge in [-0.2, -0.15) is 0 Å². The van der Waals surface area contributed by atoms with Gasteiger partial charge in [-0.3, -0.25) is 4.79 Å². The predicted octanol–water partition coefficient (Wildman–Crippen LogP) is 3.80. The molecule has 2 N–H and O–H groups in total. The van der Waals surface area contributed by atoms with Crippen molar-refractivity contribution in [1.29, 1.82) is 0 Å². The number of benzene rings is 1. The fraction of sp³-hybridized carbons (Fsp3) is 0.304. The number of halogens is 1. The molecule has 31 heavy (non-hydrogen) atoms. The summed E-state index contributed by atoms with van der Waals surface area (Å²) in [5.74, 6) is 0.620. The summed E-state index contributed by atoms with van der Waals surface area (Å²) in [7, 11) is 0. The van der Waals surface area contributed by atoms with E-state index in [1.54, 1.807) is 36.7 Å². The van der Waals surface area contributed by atoms with Gasteiger partial charge in [0.25, 0.3) is 5.91 Å². The maximum Gasteiger partial charge on any atom is 0.253 e. The van der Waals surface area contributed by atoms with Gasteiger partial charge in [-0.25, -0.2) is 15.0 Å². The Labute approximate surface area is 185 Å². The number of carbonyl (C=O) groups excluding carboxylic acids is 1. The van der Waals surface area contributed by atoms with E-state index in [0.29, 0.717) is 34.3 Å². The van der Waals surface area contributed by atoms with Crippen molar-refractivity contribution >= 4 is 17.5 Å². The van der Waals surface area contributed by atoms with Crippen molar-refractivity contribution in [3.8, 4) is 17.0 Å². The fourth-order valence-corrected chi connectivity index (χ4v) is 3.72. The average Bonchev–Trinajstić information content (AvgIpc) is 2.80. The lowest BCUT2D eigenvalue weighted by Gasteiger charge is -2.28. The van der Waals surface area contributed by atoms with Crippen LogP contribution in [0.15, 0.2) is 55.0 Å². The molecule has 0 radical (unpaired) electrons. The number of aliphatic hydroxyl groups excluding tert-OH is 1. The SMILES string of the molecule is O=C(N[C@@H]1CCCC[C@H]1O)c1cnc(OCc2ncccn2)c(-c2ccc(Cl)cc2)c1. The summed E-state index contributed by atoms with van der Waals surface area (Å²) in [4.78, 5) is 25.5. The van der Waals surface area contributed by atoms with Gasteiger partial charge in [-0.1, -0.05) is 36.6 Å². The third-order valence-electron chi connectivity index (χ3n) is 5.27. The van der Waals surface area contributed by atoms with Crippen molar-refractivity contribution < 1.29 is 14.6 Å². The number of hydrogen-bond donors (Lipinski definition) is 2. The number of carbonyl (C=O) groups is 1. The van der Waals surface area contributed by atoms with Crippen LogP contribution >= 0.6 is 11.6 Å². The molecule has 8 heteroatoms. The van der Waals surface area contributed by atoms with E-state index in [9.17, 15) is 9.90 Å². The smallest absolute Gasteiger partial charge is 0.253 e. The van der Waals surface area contributed by atoms with Crippen LogP contribution in [0.2, 0.25) is 5.02 Å². The van der Waals surface area contributed by atoms with E-state index in [1.165, 1.54) is 6.20 Å². The zero-order valence-corrected chi connectivity index (χ0v) is 17.6. The minimum atomic E-state index is -0.519. The lowest BCUT2D eigenvalue weighted by molar-refractivity contribution is 0.0717. The lowest BCUT2D eigenvalue weighted by Crippen LogP contribution is -2.45. The van der Waals surface area contributed by atoms with Crippen molar-refractivity contribution in [1.82, 2.24) is 20.3 Å². The number of ether oxygens (including phenoxy) is 1. The van der Waals surface area contributed by atoms with Gasteiger partial charge >= 0.3 is 0 Å². The third-order valence-corrected chi connectivity index (χ3v) is 5.52. The molecule has 1 aromatic carbocycles. The number of amides is 1. The minimum Gasteiger partial charge on any atom is -0.469 e. The van der Waals surface area contributed by atoms with Crippen LogP contribution in [-0.4, -0.2) is 38.1 Å². The van der Waals surface area contributed by atoms with Crippen LogP contribution in [0, 0.1) is 0 Å². The topological polar surface area (TPSA) is 97.2 Å². The molecule has 2 heterocycles. The molecule has 0 bridgehead atoms. The summed E-state index contributed by atoms with van der Waals surface area (Å²) < 4.78 is 5.87. The lowest BCUT2D eigenvalue weighted by atomic mass is 9.92. The Morgan fingerprint density at radius 1 is 1.13 bits per heavy atom. The van der Waals surface area contributed by atoms with Crippen LogP contribution in [0.3, 0.4) is 0 Å². The molecule has 0 aliphatic heterocycles. The first-order valence-corrected chi connectivity index (χ1v) is 10.6. The maximum atomic E-state index is 12.8. The first kappa shape index (κ1) is 21.2. The quantitative estimate of drug-likeness (QED) is 0.607. The second-order valence-electron chi connectivity index (χ2n) is 7.47. The maximum absolute atomic E-state index is 12.8. The Kier molecular flexibility index (Phi) is 6.74. The third kappa shape index (κ3) is 5.37.